The quantitative estimate of drug-likeness (QED) is 0.908. The smallest absolute Gasteiger partial charge is 0.264 e. The highest BCUT2D eigenvalue weighted by Crippen LogP contribution is 2.38. The van der Waals surface area contributed by atoms with E-state index in [0.717, 1.165) is 29.8 Å². The summed E-state index contributed by atoms with van der Waals surface area (Å²) in [5, 5.41) is 13.7. The molecule has 1 saturated carbocycles. The Hall–Kier alpha value is -1.88. The molecular formula is C15H18N2O3. The van der Waals surface area contributed by atoms with Crippen molar-refractivity contribution in [2.24, 2.45) is 0 Å². The zero-order valence-electron chi connectivity index (χ0n) is 11.7. The lowest BCUT2D eigenvalue weighted by atomic mass is 10.1. The topological polar surface area (TPSA) is 68.4 Å². The fraction of sp³-hybridized carbons (Fsp3) is 0.467. The van der Waals surface area contributed by atoms with Crippen LogP contribution in [-0.2, 0) is 6.61 Å². The number of aromatic nitrogens is 2. The Morgan fingerprint density at radius 1 is 1.45 bits per heavy atom. The summed E-state index contributed by atoms with van der Waals surface area (Å²) in [7, 11) is 0. The van der Waals surface area contributed by atoms with Gasteiger partial charge in [-0.15, -0.1) is 0 Å². The van der Waals surface area contributed by atoms with Gasteiger partial charge in [-0.05, 0) is 38.8 Å². The highest BCUT2D eigenvalue weighted by molar-refractivity contribution is 5.38. The van der Waals surface area contributed by atoms with Crippen LogP contribution in [0.3, 0.4) is 0 Å². The largest absolute Gasteiger partial charge is 0.483 e. The summed E-state index contributed by atoms with van der Waals surface area (Å²) in [5.74, 6) is 2.38. The third kappa shape index (κ3) is 2.82. The van der Waals surface area contributed by atoms with Crippen molar-refractivity contribution in [3.8, 4) is 5.75 Å². The van der Waals surface area contributed by atoms with Crippen molar-refractivity contribution in [2.75, 3.05) is 0 Å². The summed E-state index contributed by atoms with van der Waals surface area (Å²) in [6.07, 6.45) is 1.71. The summed E-state index contributed by atoms with van der Waals surface area (Å²) in [5.41, 5.74) is 1.86. The highest BCUT2D eigenvalue weighted by atomic mass is 16.5. The van der Waals surface area contributed by atoms with E-state index in [0.29, 0.717) is 17.6 Å². The predicted molar refractivity (Wildman–Crippen MR) is 72.4 cm³/mol. The number of nitrogens with zero attached hydrogens (tertiary/aromatic N) is 2. The molecule has 106 valence electrons. The van der Waals surface area contributed by atoms with Crippen molar-refractivity contribution in [3.05, 3.63) is 41.0 Å². The van der Waals surface area contributed by atoms with Gasteiger partial charge in [-0.3, -0.25) is 0 Å². The van der Waals surface area contributed by atoms with Crippen LogP contribution < -0.4 is 4.74 Å². The van der Waals surface area contributed by atoms with E-state index in [4.69, 9.17) is 9.26 Å². The normalized spacial score (nSPS) is 16.1. The third-order valence-electron chi connectivity index (χ3n) is 3.39. The second-order valence-electron chi connectivity index (χ2n) is 5.33. The van der Waals surface area contributed by atoms with Gasteiger partial charge in [-0.25, -0.2) is 0 Å². The lowest BCUT2D eigenvalue weighted by molar-refractivity contribution is 0.185. The standard InChI is InChI=1S/C15H18N2O3/c1-9-3-6-13(12(7-9)10(2)18)19-8-14-16-15(17-20-14)11-4-5-11/h3,6-7,10-11,18H,4-5,8H2,1-2H3. The van der Waals surface area contributed by atoms with E-state index in [9.17, 15) is 5.11 Å². The molecule has 0 amide bonds. The molecule has 0 spiro atoms. The molecule has 5 nitrogen and oxygen atoms in total. The maximum atomic E-state index is 9.78. The first-order valence-corrected chi connectivity index (χ1v) is 6.87. The molecule has 1 aliphatic rings. The molecule has 0 bridgehead atoms. The van der Waals surface area contributed by atoms with Crippen LogP contribution in [-0.4, -0.2) is 15.2 Å². The van der Waals surface area contributed by atoms with Crippen molar-refractivity contribution >= 4 is 0 Å². The lowest BCUT2D eigenvalue weighted by Crippen LogP contribution is -2.02. The van der Waals surface area contributed by atoms with Gasteiger partial charge in [0.2, 0.25) is 0 Å². The SMILES string of the molecule is Cc1ccc(OCc2nc(C3CC3)no2)c(C(C)O)c1. The van der Waals surface area contributed by atoms with Gasteiger partial charge in [-0.1, -0.05) is 16.8 Å². The summed E-state index contributed by atoms with van der Waals surface area (Å²) in [6, 6.07) is 5.73. The number of rotatable bonds is 5. The zero-order chi connectivity index (χ0) is 14.1. The molecule has 2 aromatic rings. The molecular weight excluding hydrogens is 256 g/mol. The maximum Gasteiger partial charge on any atom is 0.264 e. The summed E-state index contributed by atoms with van der Waals surface area (Å²) in [6.45, 7) is 3.93. The van der Waals surface area contributed by atoms with Crippen LogP contribution in [0.2, 0.25) is 0 Å². The Kier molecular flexibility index (Phi) is 3.44. The number of aliphatic hydroxyl groups is 1. The molecule has 0 saturated heterocycles. The van der Waals surface area contributed by atoms with Crippen LogP contribution in [0.15, 0.2) is 22.7 Å². The van der Waals surface area contributed by atoms with E-state index < -0.39 is 6.10 Å². The van der Waals surface area contributed by atoms with E-state index in [-0.39, 0.29) is 6.61 Å². The monoisotopic (exact) mass is 274 g/mol. The first-order valence-electron chi connectivity index (χ1n) is 6.87. The van der Waals surface area contributed by atoms with Crippen molar-refractivity contribution in [1.82, 2.24) is 10.1 Å². The number of hydrogen-bond acceptors (Lipinski definition) is 5. The Balaban J connectivity index is 1.70. The van der Waals surface area contributed by atoms with Crippen molar-refractivity contribution in [1.29, 1.82) is 0 Å². The molecule has 0 radical (unpaired) electrons. The van der Waals surface area contributed by atoms with E-state index in [1.54, 1.807) is 6.92 Å². The van der Waals surface area contributed by atoms with Gasteiger partial charge in [0.25, 0.3) is 5.89 Å². The minimum absolute atomic E-state index is 0.225. The molecule has 0 aliphatic heterocycles. The Morgan fingerprint density at radius 3 is 2.95 bits per heavy atom. The van der Waals surface area contributed by atoms with Crippen LogP contribution >= 0.6 is 0 Å². The Bertz CT molecular complexity index is 603. The number of aliphatic hydroxyl groups excluding tert-OH is 1. The predicted octanol–water partition coefficient (Wildman–Crippen LogP) is 2.89. The molecule has 1 aromatic heterocycles. The van der Waals surface area contributed by atoms with E-state index in [1.165, 1.54) is 0 Å². The van der Waals surface area contributed by atoms with Crippen LogP contribution in [0.5, 0.6) is 5.75 Å². The second kappa shape index (κ2) is 5.25. The van der Waals surface area contributed by atoms with Crippen LogP contribution in [0.25, 0.3) is 0 Å². The van der Waals surface area contributed by atoms with Crippen molar-refractivity contribution < 1.29 is 14.4 Å². The first kappa shape index (κ1) is 13.1. The zero-order valence-corrected chi connectivity index (χ0v) is 11.7. The molecule has 1 atom stereocenters. The minimum Gasteiger partial charge on any atom is -0.483 e. The van der Waals surface area contributed by atoms with Gasteiger partial charge in [0.15, 0.2) is 12.4 Å². The van der Waals surface area contributed by atoms with Crippen molar-refractivity contribution in [3.63, 3.8) is 0 Å². The Morgan fingerprint density at radius 2 is 2.25 bits per heavy atom. The van der Waals surface area contributed by atoms with Gasteiger partial charge in [0.05, 0.1) is 6.10 Å². The van der Waals surface area contributed by atoms with Crippen LogP contribution in [0.4, 0.5) is 0 Å². The van der Waals surface area contributed by atoms with Gasteiger partial charge in [0, 0.05) is 11.5 Å². The van der Waals surface area contributed by atoms with Gasteiger partial charge < -0.3 is 14.4 Å². The maximum absolute atomic E-state index is 9.78. The second-order valence-corrected chi connectivity index (χ2v) is 5.33. The molecule has 5 heteroatoms. The van der Waals surface area contributed by atoms with E-state index >= 15 is 0 Å². The van der Waals surface area contributed by atoms with Crippen LogP contribution in [0, 0.1) is 6.92 Å². The average Bonchev–Trinajstić information content (AvgIpc) is 3.17. The number of benzene rings is 1. The lowest BCUT2D eigenvalue weighted by Gasteiger charge is -2.13. The van der Waals surface area contributed by atoms with Gasteiger partial charge in [0.1, 0.15) is 5.75 Å². The fourth-order valence-corrected chi connectivity index (χ4v) is 2.10. The number of hydrogen-bond donors (Lipinski definition) is 1. The number of ether oxygens (including phenoxy) is 1. The average molecular weight is 274 g/mol. The third-order valence-corrected chi connectivity index (χ3v) is 3.39. The highest BCUT2D eigenvalue weighted by Gasteiger charge is 2.28. The van der Waals surface area contributed by atoms with Crippen LogP contribution in [0.1, 0.15) is 54.6 Å². The van der Waals surface area contributed by atoms with Gasteiger partial charge >= 0.3 is 0 Å². The molecule has 1 aromatic carbocycles. The first-order chi connectivity index (χ1) is 9.63. The number of aryl methyl sites for hydroxylation is 1. The van der Waals surface area contributed by atoms with Crippen molar-refractivity contribution in [2.45, 2.75) is 45.3 Å². The molecule has 1 unspecified atom stereocenters. The molecule has 20 heavy (non-hydrogen) atoms. The molecule has 1 aliphatic carbocycles. The molecule has 1 heterocycles. The summed E-state index contributed by atoms with van der Waals surface area (Å²) in [4.78, 5) is 4.31. The Labute approximate surface area is 117 Å². The van der Waals surface area contributed by atoms with Gasteiger partial charge in [-0.2, -0.15) is 4.98 Å². The minimum atomic E-state index is -0.574. The fourth-order valence-electron chi connectivity index (χ4n) is 2.10. The molecule has 1 N–H and O–H groups in total. The summed E-state index contributed by atoms with van der Waals surface area (Å²) >= 11 is 0. The molecule has 3 rings (SSSR count). The van der Waals surface area contributed by atoms with E-state index in [1.807, 2.05) is 25.1 Å². The van der Waals surface area contributed by atoms with E-state index in [2.05, 4.69) is 10.1 Å². The summed E-state index contributed by atoms with van der Waals surface area (Å²) < 4.78 is 10.9. The molecule has 1 fully saturated rings.